The smallest absolute Gasteiger partial charge is 0.240 e. The monoisotopic (exact) mass is 401 g/mol. The predicted octanol–water partition coefficient (Wildman–Crippen LogP) is 2.87. The Morgan fingerprint density at radius 3 is 2.31 bits per heavy atom. The highest BCUT2D eigenvalue weighted by atomic mass is 127. The highest BCUT2D eigenvalue weighted by Gasteiger charge is 2.06. The van der Waals surface area contributed by atoms with Crippen LogP contribution in [-0.4, -0.2) is 13.2 Å². The Kier molecular flexibility index (Phi) is 4.14. The van der Waals surface area contributed by atoms with Gasteiger partial charge in [0.05, 0.1) is 19.9 Å². The van der Waals surface area contributed by atoms with Gasteiger partial charge in [-0.3, -0.25) is 0 Å². The third-order valence-electron chi connectivity index (χ3n) is 1.36. The Labute approximate surface area is 103 Å². The Hall–Kier alpha value is -0.140. The minimum Gasteiger partial charge on any atom is -0.495 e. The van der Waals surface area contributed by atoms with Crippen LogP contribution in [0.15, 0.2) is 17.1 Å². The van der Waals surface area contributed by atoms with Crippen molar-refractivity contribution in [2.45, 2.75) is 0 Å². The lowest BCUT2D eigenvalue weighted by Gasteiger charge is -2.05. The first-order valence-electron chi connectivity index (χ1n) is 3.30. The lowest BCUT2D eigenvalue weighted by atomic mass is 10.3. The molecule has 0 aliphatic carbocycles. The number of hydrogen-bond donors (Lipinski definition) is 0. The summed E-state index contributed by atoms with van der Waals surface area (Å²) in [6, 6.07) is 3.54. The fourth-order valence-corrected chi connectivity index (χ4v) is 3.03. The van der Waals surface area contributed by atoms with E-state index in [1.807, 2.05) is 0 Å². The van der Waals surface area contributed by atoms with Crippen LogP contribution in [0.4, 0.5) is 5.69 Å². The molecule has 0 aliphatic rings. The Balaban J connectivity index is 3.27. The van der Waals surface area contributed by atoms with Gasteiger partial charge in [0.2, 0.25) is 6.08 Å². The molecule has 1 aromatic rings. The van der Waals surface area contributed by atoms with Crippen LogP contribution in [0.3, 0.4) is 0 Å². The highest BCUT2D eigenvalue weighted by Crippen LogP contribution is 2.31. The van der Waals surface area contributed by atoms with Crippen molar-refractivity contribution in [3.05, 3.63) is 19.3 Å². The maximum atomic E-state index is 10.0. The van der Waals surface area contributed by atoms with E-state index in [0.29, 0.717) is 5.69 Å². The summed E-state index contributed by atoms with van der Waals surface area (Å²) >= 11 is 4.26. The summed E-state index contributed by atoms with van der Waals surface area (Å²) in [5, 5.41) is 0. The van der Waals surface area contributed by atoms with E-state index >= 15 is 0 Å². The summed E-state index contributed by atoms with van der Waals surface area (Å²) in [5.74, 6) is 0.811. The molecule has 0 saturated carbocycles. The third kappa shape index (κ3) is 2.65. The molecule has 13 heavy (non-hydrogen) atoms. The van der Waals surface area contributed by atoms with Gasteiger partial charge in [0.25, 0.3) is 0 Å². The summed E-state index contributed by atoms with van der Waals surface area (Å²) in [4.78, 5) is 13.6. The van der Waals surface area contributed by atoms with Crippen molar-refractivity contribution in [1.29, 1.82) is 0 Å². The van der Waals surface area contributed by atoms with Crippen molar-refractivity contribution >= 4 is 56.9 Å². The molecule has 0 amide bonds. The van der Waals surface area contributed by atoms with Crippen LogP contribution in [0.2, 0.25) is 0 Å². The van der Waals surface area contributed by atoms with Gasteiger partial charge in [-0.15, -0.1) is 0 Å². The fourth-order valence-electron chi connectivity index (χ4n) is 0.859. The average molecular weight is 401 g/mol. The van der Waals surface area contributed by atoms with E-state index in [9.17, 15) is 4.79 Å². The molecule has 5 heteroatoms. The van der Waals surface area contributed by atoms with Crippen LogP contribution < -0.4 is 4.74 Å². The molecule has 0 fully saturated rings. The maximum Gasteiger partial charge on any atom is 0.240 e. The lowest BCUT2D eigenvalue weighted by Crippen LogP contribution is -1.89. The molecule has 0 unspecified atom stereocenters. The van der Waals surface area contributed by atoms with Gasteiger partial charge in [0.1, 0.15) is 5.75 Å². The second kappa shape index (κ2) is 4.92. The van der Waals surface area contributed by atoms with E-state index < -0.39 is 0 Å². The first-order chi connectivity index (χ1) is 6.19. The fraction of sp³-hybridized carbons (Fsp3) is 0.125. The molecule has 0 spiro atoms. The van der Waals surface area contributed by atoms with Gasteiger partial charge in [-0.25, -0.2) is 4.79 Å². The molecule has 0 bridgehead atoms. The number of benzene rings is 1. The number of carbonyl (C=O) groups excluding carboxylic acids is 1. The second-order valence-corrected chi connectivity index (χ2v) is 4.47. The first kappa shape index (κ1) is 10.9. The van der Waals surface area contributed by atoms with Gasteiger partial charge in [-0.1, -0.05) is 0 Å². The summed E-state index contributed by atoms with van der Waals surface area (Å²) in [5.41, 5.74) is 0.601. The third-order valence-corrected chi connectivity index (χ3v) is 2.96. The van der Waals surface area contributed by atoms with E-state index in [2.05, 4.69) is 50.2 Å². The van der Waals surface area contributed by atoms with E-state index in [1.165, 1.54) is 6.08 Å². The van der Waals surface area contributed by atoms with Crippen molar-refractivity contribution in [2.24, 2.45) is 4.99 Å². The highest BCUT2D eigenvalue weighted by molar-refractivity contribution is 14.1. The molecule has 68 valence electrons. The number of methoxy groups -OCH3 is 1. The van der Waals surface area contributed by atoms with Crippen LogP contribution in [0.1, 0.15) is 0 Å². The molecule has 0 radical (unpaired) electrons. The number of aliphatic imine (C=N–C) groups is 1. The first-order valence-corrected chi connectivity index (χ1v) is 5.45. The van der Waals surface area contributed by atoms with Gasteiger partial charge < -0.3 is 4.74 Å². The van der Waals surface area contributed by atoms with Gasteiger partial charge in [0, 0.05) is 0 Å². The van der Waals surface area contributed by atoms with Gasteiger partial charge in [-0.2, -0.15) is 4.99 Å². The van der Waals surface area contributed by atoms with Crippen LogP contribution in [-0.2, 0) is 4.79 Å². The SMILES string of the molecule is COc1c(I)cc(N=C=O)cc1I. The number of hydrogen-bond acceptors (Lipinski definition) is 3. The van der Waals surface area contributed by atoms with Crippen LogP contribution in [0.25, 0.3) is 0 Å². The largest absolute Gasteiger partial charge is 0.495 e. The molecule has 0 atom stereocenters. The van der Waals surface area contributed by atoms with Gasteiger partial charge in [-0.05, 0) is 57.3 Å². The van der Waals surface area contributed by atoms with Gasteiger partial charge in [0.15, 0.2) is 0 Å². The zero-order valence-corrected chi connectivity index (χ0v) is 11.0. The molecular formula is C8H5I2NO2. The quantitative estimate of drug-likeness (QED) is 0.435. The molecule has 1 rings (SSSR count). The zero-order valence-electron chi connectivity index (χ0n) is 6.67. The molecule has 0 aliphatic heterocycles. The van der Waals surface area contributed by atoms with E-state index in [4.69, 9.17) is 4.74 Å². The number of ether oxygens (including phenoxy) is 1. The number of halogens is 2. The minimum absolute atomic E-state index is 0.601. The van der Waals surface area contributed by atoms with E-state index in [1.54, 1.807) is 19.2 Å². The number of rotatable bonds is 2. The Morgan fingerprint density at radius 1 is 1.38 bits per heavy atom. The van der Waals surface area contributed by atoms with Gasteiger partial charge >= 0.3 is 0 Å². The molecule has 0 saturated heterocycles. The van der Waals surface area contributed by atoms with Crippen molar-refractivity contribution in [2.75, 3.05) is 7.11 Å². The van der Waals surface area contributed by atoms with Crippen molar-refractivity contribution in [1.82, 2.24) is 0 Å². The topological polar surface area (TPSA) is 38.7 Å². The molecular weight excluding hydrogens is 396 g/mol. The Bertz CT molecular complexity index is 349. The van der Waals surface area contributed by atoms with Crippen molar-refractivity contribution in [3.8, 4) is 5.75 Å². The average Bonchev–Trinajstić information content (AvgIpc) is 2.04. The second-order valence-electron chi connectivity index (χ2n) is 2.15. The molecule has 1 aromatic carbocycles. The summed E-state index contributed by atoms with van der Waals surface area (Å²) in [6.45, 7) is 0. The van der Waals surface area contributed by atoms with Crippen molar-refractivity contribution in [3.63, 3.8) is 0 Å². The number of nitrogens with zero attached hydrogens (tertiary/aromatic N) is 1. The van der Waals surface area contributed by atoms with Crippen LogP contribution in [0, 0.1) is 7.14 Å². The molecule has 3 nitrogen and oxygen atoms in total. The predicted molar refractivity (Wildman–Crippen MR) is 66.2 cm³/mol. The molecule has 0 N–H and O–H groups in total. The number of isocyanates is 1. The summed E-state index contributed by atoms with van der Waals surface area (Å²) in [6.07, 6.45) is 1.50. The molecule has 0 heterocycles. The van der Waals surface area contributed by atoms with Crippen LogP contribution >= 0.6 is 45.2 Å². The van der Waals surface area contributed by atoms with E-state index in [-0.39, 0.29) is 0 Å². The maximum absolute atomic E-state index is 10.0. The van der Waals surface area contributed by atoms with Crippen molar-refractivity contribution < 1.29 is 9.53 Å². The lowest BCUT2D eigenvalue weighted by molar-refractivity contribution is 0.409. The Morgan fingerprint density at radius 2 is 1.92 bits per heavy atom. The molecule has 0 aromatic heterocycles. The normalized spacial score (nSPS) is 9.15. The van der Waals surface area contributed by atoms with E-state index in [0.717, 1.165) is 12.9 Å². The van der Waals surface area contributed by atoms with Crippen LogP contribution in [0.5, 0.6) is 5.75 Å². The standard InChI is InChI=1S/C8H5I2NO2/c1-13-8-6(9)2-5(11-4-12)3-7(8)10/h2-3H,1H3. The zero-order chi connectivity index (χ0) is 9.84. The summed E-state index contributed by atoms with van der Waals surface area (Å²) < 4.78 is 7.02. The minimum atomic E-state index is 0.601. The summed E-state index contributed by atoms with van der Waals surface area (Å²) in [7, 11) is 1.61.